The van der Waals surface area contributed by atoms with Gasteiger partial charge in [0.2, 0.25) is 5.91 Å². The number of nitrogens with one attached hydrogen (secondary N) is 1. The van der Waals surface area contributed by atoms with E-state index in [1.54, 1.807) is 24.3 Å². The van der Waals surface area contributed by atoms with Crippen molar-refractivity contribution < 1.29 is 14.3 Å². The van der Waals surface area contributed by atoms with Gasteiger partial charge < -0.3 is 10.1 Å². The number of fused-ring (bicyclic) bond motifs is 3. The molecule has 2 aromatic heterocycles. The van der Waals surface area contributed by atoms with Crippen molar-refractivity contribution in [1.29, 1.82) is 0 Å². The number of methoxy groups -OCH3 is 1. The summed E-state index contributed by atoms with van der Waals surface area (Å²) in [7, 11) is 1.51. The summed E-state index contributed by atoms with van der Waals surface area (Å²) in [6.45, 7) is 1.62. The molecule has 0 fully saturated rings. The van der Waals surface area contributed by atoms with E-state index in [2.05, 4.69) is 5.32 Å². The number of hydrogen-bond donors (Lipinski definition) is 1. The number of benzene rings is 1. The summed E-state index contributed by atoms with van der Waals surface area (Å²) in [5.41, 5.74) is 1.28. The summed E-state index contributed by atoms with van der Waals surface area (Å²) in [6, 6.07) is 6.58. The van der Waals surface area contributed by atoms with E-state index in [0.717, 1.165) is 36.1 Å². The molecule has 0 radical (unpaired) electrons. The molecule has 0 bridgehead atoms. The first kappa shape index (κ1) is 22.2. The van der Waals surface area contributed by atoms with Crippen molar-refractivity contribution in [3.8, 4) is 0 Å². The molecule has 2 heterocycles. The Morgan fingerprint density at radius 3 is 2.50 bits per heavy atom. The van der Waals surface area contributed by atoms with E-state index in [1.165, 1.54) is 34.5 Å². The average Bonchev–Trinajstić information content (AvgIpc) is 3.16. The number of thiophene rings is 1. The fourth-order valence-corrected chi connectivity index (χ4v) is 5.44. The molecular formula is C23H25N3O5S. The lowest BCUT2D eigenvalue weighted by atomic mass is 9.97. The van der Waals surface area contributed by atoms with Crippen LogP contribution in [-0.4, -0.2) is 34.5 Å². The zero-order valence-electron chi connectivity index (χ0n) is 18.1. The maximum Gasteiger partial charge on any atom is 0.332 e. The maximum absolute atomic E-state index is 13.2. The number of amides is 1. The molecule has 1 aromatic carbocycles. The Morgan fingerprint density at radius 2 is 1.81 bits per heavy atom. The van der Waals surface area contributed by atoms with Crippen molar-refractivity contribution in [1.82, 2.24) is 9.13 Å². The lowest BCUT2D eigenvalue weighted by Gasteiger charge is -2.13. The Bertz CT molecular complexity index is 1300. The molecule has 0 saturated heterocycles. The van der Waals surface area contributed by atoms with Crippen molar-refractivity contribution in [2.24, 2.45) is 0 Å². The third-order valence-corrected chi connectivity index (χ3v) is 7.03. The quantitative estimate of drug-likeness (QED) is 0.552. The van der Waals surface area contributed by atoms with Gasteiger partial charge in [0.15, 0.2) is 5.78 Å². The van der Waals surface area contributed by atoms with Gasteiger partial charge in [-0.25, -0.2) is 4.79 Å². The number of aryl methyl sites for hydroxylation is 2. The van der Waals surface area contributed by atoms with Gasteiger partial charge in [0, 0.05) is 23.2 Å². The zero-order valence-corrected chi connectivity index (χ0v) is 18.9. The molecule has 32 heavy (non-hydrogen) atoms. The first-order valence-corrected chi connectivity index (χ1v) is 11.4. The Kier molecular flexibility index (Phi) is 6.38. The largest absolute Gasteiger partial charge is 0.383 e. The number of Topliss-reactive ketones (excluding diaryl/α,β-unsaturated/α-hetero) is 1. The molecule has 4 rings (SSSR count). The van der Waals surface area contributed by atoms with Gasteiger partial charge in [-0.15, -0.1) is 11.3 Å². The van der Waals surface area contributed by atoms with Gasteiger partial charge in [-0.1, -0.05) is 0 Å². The Labute approximate surface area is 188 Å². The van der Waals surface area contributed by atoms with Crippen LogP contribution < -0.4 is 16.6 Å². The highest BCUT2D eigenvalue weighted by Crippen LogP contribution is 2.34. The van der Waals surface area contributed by atoms with Crippen molar-refractivity contribution in [2.75, 3.05) is 19.0 Å². The van der Waals surface area contributed by atoms with Crippen LogP contribution in [-0.2, 0) is 35.5 Å². The Hall–Kier alpha value is -3.04. The number of nitrogens with zero attached hydrogens (tertiary/aromatic N) is 2. The predicted octanol–water partition coefficient (Wildman–Crippen LogP) is 2.59. The van der Waals surface area contributed by atoms with Crippen molar-refractivity contribution in [3.63, 3.8) is 0 Å². The van der Waals surface area contributed by atoms with E-state index in [1.807, 2.05) is 0 Å². The average molecular weight is 456 g/mol. The maximum atomic E-state index is 13.2. The molecule has 1 aliphatic carbocycles. The van der Waals surface area contributed by atoms with E-state index < -0.39 is 5.69 Å². The van der Waals surface area contributed by atoms with Crippen LogP contribution in [0.5, 0.6) is 0 Å². The van der Waals surface area contributed by atoms with E-state index in [9.17, 15) is 19.2 Å². The van der Waals surface area contributed by atoms with Crippen LogP contribution in [0.1, 0.15) is 40.6 Å². The molecule has 1 N–H and O–H groups in total. The molecule has 168 valence electrons. The number of carbonyl (C=O) groups is 2. The fraction of sp³-hybridized carbons (Fsp3) is 0.391. The highest BCUT2D eigenvalue weighted by molar-refractivity contribution is 7.18. The molecule has 1 amide bonds. The standard InChI is InChI=1S/C23H25N3O5S/c1-14(27)15-7-9-16(10-8-15)24-19(28)13-26-22-20(17-5-3-4-6-18(17)32-22)21(29)25(23(26)30)11-12-31-2/h7-10H,3-6,11-13H2,1-2H3,(H,24,28). The Morgan fingerprint density at radius 1 is 1.09 bits per heavy atom. The minimum absolute atomic E-state index is 0.0585. The number of ketones is 1. The van der Waals surface area contributed by atoms with Crippen LogP contribution in [0.4, 0.5) is 5.69 Å². The second-order valence-corrected chi connectivity index (χ2v) is 8.97. The summed E-state index contributed by atoms with van der Waals surface area (Å²) in [5, 5.41) is 3.32. The minimum Gasteiger partial charge on any atom is -0.383 e. The van der Waals surface area contributed by atoms with Crippen LogP contribution >= 0.6 is 11.3 Å². The lowest BCUT2D eigenvalue weighted by Crippen LogP contribution is -2.42. The Balaban J connectivity index is 1.72. The van der Waals surface area contributed by atoms with Crippen molar-refractivity contribution >= 4 is 38.9 Å². The molecule has 0 spiro atoms. The number of anilines is 1. The van der Waals surface area contributed by atoms with Crippen LogP contribution in [0.15, 0.2) is 33.9 Å². The van der Waals surface area contributed by atoms with Crippen LogP contribution in [0.25, 0.3) is 10.2 Å². The van der Waals surface area contributed by atoms with E-state index >= 15 is 0 Å². The minimum atomic E-state index is -0.514. The fourth-order valence-electron chi connectivity index (χ4n) is 4.07. The molecule has 0 aliphatic heterocycles. The SMILES string of the molecule is COCCn1c(=O)c2c3c(sc2n(CC(=O)Nc2ccc(C(C)=O)cc2)c1=O)CCCC3. The van der Waals surface area contributed by atoms with Crippen LogP contribution in [0.2, 0.25) is 0 Å². The van der Waals surface area contributed by atoms with Gasteiger partial charge in [0.05, 0.1) is 18.5 Å². The van der Waals surface area contributed by atoms with E-state index in [-0.39, 0.29) is 36.9 Å². The summed E-state index contributed by atoms with van der Waals surface area (Å²) < 4.78 is 7.65. The van der Waals surface area contributed by atoms with Gasteiger partial charge in [-0.05, 0) is 62.4 Å². The summed E-state index contributed by atoms with van der Waals surface area (Å²) >= 11 is 1.44. The highest BCUT2D eigenvalue weighted by Gasteiger charge is 2.24. The molecule has 0 atom stereocenters. The lowest BCUT2D eigenvalue weighted by molar-refractivity contribution is -0.116. The summed E-state index contributed by atoms with van der Waals surface area (Å²) in [4.78, 5) is 52.3. The van der Waals surface area contributed by atoms with E-state index in [0.29, 0.717) is 21.5 Å². The second-order valence-electron chi connectivity index (χ2n) is 7.89. The molecule has 1 aliphatic rings. The van der Waals surface area contributed by atoms with Crippen molar-refractivity contribution in [3.05, 3.63) is 61.1 Å². The van der Waals surface area contributed by atoms with E-state index in [4.69, 9.17) is 4.74 Å². The molecule has 9 heteroatoms. The normalized spacial score (nSPS) is 13.2. The monoisotopic (exact) mass is 455 g/mol. The number of aromatic nitrogens is 2. The first-order chi connectivity index (χ1) is 15.4. The summed E-state index contributed by atoms with van der Waals surface area (Å²) in [6.07, 6.45) is 3.75. The van der Waals surface area contributed by atoms with Gasteiger partial charge in [-0.2, -0.15) is 0 Å². The molecular weight excluding hydrogens is 430 g/mol. The topological polar surface area (TPSA) is 99.4 Å². The third kappa shape index (κ3) is 4.18. The molecule has 8 nitrogen and oxygen atoms in total. The molecule has 0 unspecified atom stereocenters. The third-order valence-electron chi connectivity index (χ3n) is 5.71. The van der Waals surface area contributed by atoms with Crippen LogP contribution in [0.3, 0.4) is 0 Å². The predicted molar refractivity (Wildman–Crippen MR) is 124 cm³/mol. The molecule has 3 aromatic rings. The van der Waals surface area contributed by atoms with Gasteiger partial charge in [0.1, 0.15) is 11.4 Å². The van der Waals surface area contributed by atoms with Gasteiger partial charge in [0.25, 0.3) is 5.56 Å². The first-order valence-electron chi connectivity index (χ1n) is 10.6. The highest BCUT2D eigenvalue weighted by atomic mass is 32.1. The smallest absolute Gasteiger partial charge is 0.332 e. The summed E-state index contributed by atoms with van der Waals surface area (Å²) in [5.74, 6) is -0.441. The number of carbonyl (C=O) groups excluding carboxylic acids is 2. The second kappa shape index (κ2) is 9.22. The van der Waals surface area contributed by atoms with Gasteiger partial charge in [-0.3, -0.25) is 23.5 Å². The number of ether oxygens (including phenoxy) is 1. The number of rotatable bonds is 7. The number of hydrogen-bond acceptors (Lipinski definition) is 6. The van der Waals surface area contributed by atoms with Gasteiger partial charge >= 0.3 is 5.69 Å². The molecule has 0 saturated carbocycles. The zero-order chi connectivity index (χ0) is 22.8. The van der Waals surface area contributed by atoms with Crippen molar-refractivity contribution in [2.45, 2.75) is 45.7 Å². The van der Waals surface area contributed by atoms with Crippen LogP contribution in [0, 0.1) is 0 Å².